The fourth-order valence-corrected chi connectivity index (χ4v) is 7.26. The fourth-order valence-electron chi connectivity index (χ4n) is 7.26. The van der Waals surface area contributed by atoms with Crippen molar-refractivity contribution >= 4 is 0 Å². The molecule has 0 aromatic rings. The summed E-state index contributed by atoms with van der Waals surface area (Å²) >= 11 is 0. The topological polar surface area (TPSA) is 40.5 Å². The first kappa shape index (κ1) is 14.5. The van der Waals surface area contributed by atoms with Gasteiger partial charge < -0.3 is 10.2 Å². The van der Waals surface area contributed by atoms with E-state index in [-0.39, 0.29) is 5.41 Å². The molecular weight excluding hydrogens is 260 g/mol. The smallest absolute Gasteiger partial charge is 0.0989 e. The van der Waals surface area contributed by atoms with Gasteiger partial charge in [0.2, 0.25) is 0 Å². The molecule has 0 radical (unpaired) electrons. The normalized spacial score (nSPS) is 60.0. The van der Waals surface area contributed by atoms with Gasteiger partial charge in [-0.3, -0.25) is 0 Å². The Labute approximate surface area is 129 Å². The van der Waals surface area contributed by atoms with Crippen LogP contribution in [0, 0.1) is 28.6 Å². The van der Waals surface area contributed by atoms with Gasteiger partial charge in [-0.25, -0.2) is 0 Å². The van der Waals surface area contributed by atoms with Crippen LogP contribution in [0.15, 0.2) is 0 Å². The largest absolute Gasteiger partial charge is 0.390 e. The van der Waals surface area contributed by atoms with Gasteiger partial charge in [-0.05, 0) is 80.0 Å². The molecule has 7 unspecified atom stereocenters. The van der Waals surface area contributed by atoms with Gasteiger partial charge in [0.25, 0.3) is 0 Å². The van der Waals surface area contributed by atoms with E-state index in [9.17, 15) is 10.2 Å². The molecule has 4 rings (SSSR count). The maximum Gasteiger partial charge on any atom is 0.0989 e. The first-order chi connectivity index (χ1) is 9.92. The molecule has 4 saturated carbocycles. The van der Waals surface area contributed by atoms with Gasteiger partial charge in [-0.2, -0.15) is 0 Å². The van der Waals surface area contributed by atoms with Crippen LogP contribution in [0.1, 0.15) is 78.1 Å². The third-order valence-corrected chi connectivity index (χ3v) is 8.63. The highest BCUT2D eigenvalue weighted by Crippen LogP contribution is 2.67. The number of fused-ring (bicyclic) bond motifs is 5. The molecule has 4 aliphatic carbocycles. The molecule has 0 bridgehead atoms. The second-order valence-electron chi connectivity index (χ2n) is 9.22. The van der Waals surface area contributed by atoms with Crippen molar-refractivity contribution < 1.29 is 10.2 Å². The van der Waals surface area contributed by atoms with E-state index < -0.39 is 11.7 Å². The molecule has 2 heteroatoms. The Hall–Kier alpha value is -0.0800. The second kappa shape index (κ2) is 4.47. The molecular formula is C19H32O2. The van der Waals surface area contributed by atoms with E-state index in [1.54, 1.807) is 0 Å². The molecule has 4 aliphatic rings. The van der Waals surface area contributed by atoms with E-state index in [1.807, 2.05) is 0 Å². The van der Waals surface area contributed by atoms with Gasteiger partial charge >= 0.3 is 0 Å². The Morgan fingerprint density at radius 2 is 1.57 bits per heavy atom. The SMILES string of the molecule is CC12CCCCC1CCC1C2CCC2(C)CCC(O)C12O. The maximum atomic E-state index is 11.6. The molecule has 0 saturated heterocycles. The molecule has 0 amide bonds. The summed E-state index contributed by atoms with van der Waals surface area (Å²) < 4.78 is 0. The number of aliphatic hydroxyl groups is 2. The van der Waals surface area contributed by atoms with Crippen molar-refractivity contribution in [2.24, 2.45) is 28.6 Å². The number of rotatable bonds is 0. The quantitative estimate of drug-likeness (QED) is 0.711. The molecule has 21 heavy (non-hydrogen) atoms. The molecule has 2 nitrogen and oxygen atoms in total. The Bertz CT molecular complexity index is 435. The predicted octanol–water partition coefficient (Wildman–Crippen LogP) is 3.90. The van der Waals surface area contributed by atoms with Gasteiger partial charge in [0.1, 0.15) is 0 Å². The predicted molar refractivity (Wildman–Crippen MR) is 83.8 cm³/mol. The zero-order valence-electron chi connectivity index (χ0n) is 13.8. The van der Waals surface area contributed by atoms with Crippen molar-refractivity contribution in [3.63, 3.8) is 0 Å². The van der Waals surface area contributed by atoms with Crippen LogP contribution >= 0.6 is 0 Å². The van der Waals surface area contributed by atoms with Crippen molar-refractivity contribution in [2.45, 2.75) is 89.8 Å². The van der Waals surface area contributed by atoms with Crippen LogP contribution in [0.5, 0.6) is 0 Å². The minimum absolute atomic E-state index is 0.0363. The van der Waals surface area contributed by atoms with Gasteiger partial charge in [0, 0.05) is 0 Å². The van der Waals surface area contributed by atoms with Crippen molar-refractivity contribution in [1.29, 1.82) is 0 Å². The van der Waals surface area contributed by atoms with Crippen LogP contribution in [0.3, 0.4) is 0 Å². The van der Waals surface area contributed by atoms with E-state index >= 15 is 0 Å². The molecule has 0 aromatic carbocycles. The highest BCUT2D eigenvalue weighted by Gasteiger charge is 2.67. The van der Waals surface area contributed by atoms with Crippen LogP contribution in [-0.2, 0) is 0 Å². The molecule has 0 heterocycles. The van der Waals surface area contributed by atoms with Gasteiger partial charge in [0.05, 0.1) is 11.7 Å². The maximum absolute atomic E-state index is 11.6. The summed E-state index contributed by atoms with van der Waals surface area (Å²) in [5, 5.41) is 22.2. The highest BCUT2D eigenvalue weighted by atomic mass is 16.3. The summed E-state index contributed by atoms with van der Waals surface area (Å²) in [6.07, 6.45) is 11.7. The lowest BCUT2D eigenvalue weighted by Gasteiger charge is -2.63. The van der Waals surface area contributed by atoms with Gasteiger partial charge in [-0.1, -0.05) is 26.7 Å². The lowest BCUT2D eigenvalue weighted by molar-refractivity contribution is -0.228. The molecule has 4 fully saturated rings. The van der Waals surface area contributed by atoms with Crippen molar-refractivity contribution in [3.05, 3.63) is 0 Å². The Morgan fingerprint density at radius 1 is 0.810 bits per heavy atom. The Balaban J connectivity index is 1.72. The molecule has 0 aromatic heterocycles. The van der Waals surface area contributed by atoms with Crippen LogP contribution < -0.4 is 0 Å². The highest BCUT2D eigenvalue weighted by molar-refractivity contribution is 5.17. The first-order valence-electron chi connectivity index (χ1n) is 9.32. The minimum Gasteiger partial charge on any atom is -0.390 e. The summed E-state index contributed by atoms with van der Waals surface area (Å²) in [6.45, 7) is 4.76. The van der Waals surface area contributed by atoms with Crippen molar-refractivity contribution in [3.8, 4) is 0 Å². The third kappa shape index (κ3) is 1.67. The average molecular weight is 292 g/mol. The van der Waals surface area contributed by atoms with Crippen LogP contribution in [0.2, 0.25) is 0 Å². The molecule has 0 spiro atoms. The average Bonchev–Trinajstić information content (AvgIpc) is 2.71. The monoisotopic (exact) mass is 292 g/mol. The Morgan fingerprint density at radius 3 is 2.38 bits per heavy atom. The van der Waals surface area contributed by atoms with E-state index in [0.29, 0.717) is 17.3 Å². The van der Waals surface area contributed by atoms with E-state index in [4.69, 9.17) is 0 Å². The lowest BCUT2D eigenvalue weighted by Crippen LogP contribution is -2.64. The zero-order chi connectivity index (χ0) is 14.9. The fraction of sp³-hybridized carbons (Fsp3) is 1.00. The summed E-state index contributed by atoms with van der Waals surface area (Å²) in [5.41, 5.74) is -0.409. The van der Waals surface area contributed by atoms with Gasteiger partial charge in [0.15, 0.2) is 0 Å². The summed E-state index contributed by atoms with van der Waals surface area (Å²) in [6, 6.07) is 0. The van der Waals surface area contributed by atoms with Crippen LogP contribution in [0.4, 0.5) is 0 Å². The Kier molecular flexibility index (Phi) is 3.09. The number of hydrogen-bond donors (Lipinski definition) is 2. The van der Waals surface area contributed by atoms with E-state index in [0.717, 1.165) is 31.6 Å². The molecule has 120 valence electrons. The van der Waals surface area contributed by atoms with E-state index in [2.05, 4.69) is 13.8 Å². The minimum atomic E-state index is -0.804. The van der Waals surface area contributed by atoms with Gasteiger partial charge in [-0.15, -0.1) is 0 Å². The first-order valence-corrected chi connectivity index (χ1v) is 9.32. The number of aliphatic hydroxyl groups excluding tert-OH is 1. The zero-order valence-corrected chi connectivity index (χ0v) is 13.8. The molecule has 7 atom stereocenters. The second-order valence-corrected chi connectivity index (χ2v) is 9.22. The summed E-state index contributed by atoms with van der Waals surface area (Å²) in [5.74, 6) is 1.86. The van der Waals surface area contributed by atoms with Crippen LogP contribution in [0.25, 0.3) is 0 Å². The molecule has 0 aliphatic heterocycles. The van der Waals surface area contributed by atoms with Crippen LogP contribution in [-0.4, -0.2) is 21.9 Å². The standard InChI is InChI=1S/C19H32O2/c1-17-11-8-14-15(19(17,21)16(20)9-12-17)7-6-13-5-3-4-10-18(13,14)2/h13-16,20-21H,3-12H2,1-2H3. The molecule has 2 N–H and O–H groups in total. The number of hydrogen-bond acceptors (Lipinski definition) is 2. The third-order valence-electron chi connectivity index (χ3n) is 8.63. The lowest BCUT2D eigenvalue weighted by atomic mass is 9.44. The summed E-state index contributed by atoms with van der Waals surface area (Å²) in [4.78, 5) is 0. The van der Waals surface area contributed by atoms with E-state index in [1.165, 1.54) is 38.5 Å². The van der Waals surface area contributed by atoms with Crippen molar-refractivity contribution in [1.82, 2.24) is 0 Å². The van der Waals surface area contributed by atoms with Crippen molar-refractivity contribution in [2.75, 3.05) is 0 Å². The summed E-state index contributed by atoms with van der Waals surface area (Å²) in [7, 11) is 0.